The van der Waals surface area contributed by atoms with Crippen LogP contribution in [-0.2, 0) is 6.54 Å². The number of hydrogen-bond donors (Lipinski definition) is 1. The second-order valence-electron chi connectivity index (χ2n) is 3.88. The van der Waals surface area contributed by atoms with Crippen LogP contribution in [0.15, 0.2) is 15.9 Å². The summed E-state index contributed by atoms with van der Waals surface area (Å²) in [7, 11) is 0. The number of nitrogens with one attached hydrogen (secondary N) is 1. The molecule has 2 heterocycles. The zero-order chi connectivity index (χ0) is 10.5. The molecule has 0 aliphatic carbocycles. The van der Waals surface area contributed by atoms with Gasteiger partial charge < -0.3 is 5.32 Å². The largest absolute Gasteiger partial charge is 0.312 e. The van der Waals surface area contributed by atoms with E-state index in [9.17, 15) is 0 Å². The maximum atomic E-state index is 3.57. The zero-order valence-electron chi connectivity index (χ0n) is 8.67. The highest BCUT2D eigenvalue weighted by molar-refractivity contribution is 9.10. The van der Waals surface area contributed by atoms with Gasteiger partial charge in [0.2, 0.25) is 0 Å². The van der Waals surface area contributed by atoms with Gasteiger partial charge in [0.25, 0.3) is 0 Å². The van der Waals surface area contributed by atoms with Crippen molar-refractivity contribution in [1.82, 2.24) is 5.32 Å². The lowest BCUT2D eigenvalue weighted by molar-refractivity contribution is 0.448. The summed E-state index contributed by atoms with van der Waals surface area (Å²) in [6, 6.07) is 2.12. The van der Waals surface area contributed by atoms with Crippen molar-refractivity contribution in [3.8, 4) is 0 Å². The van der Waals surface area contributed by atoms with Crippen LogP contribution in [0.4, 0.5) is 0 Å². The van der Waals surface area contributed by atoms with Gasteiger partial charge >= 0.3 is 0 Å². The van der Waals surface area contributed by atoms with Gasteiger partial charge in [-0.1, -0.05) is 0 Å². The number of hydrogen-bond acceptors (Lipinski definition) is 3. The normalized spacial score (nSPS) is 18.2. The molecule has 1 aliphatic heterocycles. The van der Waals surface area contributed by atoms with Crippen molar-refractivity contribution >= 4 is 39.0 Å². The maximum absolute atomic E-state index is 3.57. The second kappa shape index (κ2) is 6.28. The molecule has 1 nitrogen and oxygen atoms in total. The fourth-order valence-corrected chi connectivity index (χ4v) is 4.46. The van der Waals surface area contributed by atoms with Crippen LogP contribution in [-0.4, -0.2) is 18.1 Å². The van der Waals surface area contributed by atoms with Crippen LogP contribution >= 0.6 is 39.0 Å². The van der Waals surface area contributed by atoms with Gasteiger partial charge in [-0.05, 0) is 64.2 Å². The highest BCUT2D eigenvalue weighted by Crippen LogP contribution is 2.24. The van der Waals surface area contributed by atoms with Crippen LogP contribution in [0.3, 0.4) is 0 Å². The minimum atomic E-state index is 0.907. The Hall–Kier alpha value is 0.490. The quantitative estimate of drug-likeness (QED) is 0.909. The number of thioether (sulfide) groups is 1. The molecule has 0 aromatic carbocycles. The van der Waals surface area contributed by atoms with Crippen molar-refractivity contribution in [2.24, 2.45) is 5.92 Å². The number of thiophene rings is 1. The molecule has 1 fully saturated rings. The molecule has 1 aromatic heterocycles. The Labute approximate surface area is 108 Å². The van der Waals surface area contributed by atoms with E-state index in [2.05, 4.69) is 44.5 Å². The van der Waals surface area contributed by atoms with Crippen LogP contribution in [0.5, 0.6) is 0 Å². The molecule has 2 rings (SSSR count). The Morgan fingerprint density at radius 3 is 2.87 bits per heavy atom. The summed E-state index contributed by atoms with van der Waals surface area (Å²) in [6.45, 7) is 2.20. The van der Waals surface area contributed by atoms with Crippen molar-refractivity contribution in [3.63, 3.8) is 0 Å². The molecule has 0 saturated carbocycles. The Bertz CT molecular complexity index is 295. The van der Waals surface area contributed by atoms with Crippen LogP contribution < -0.4 is 5.32 Å². The highest BCUT2D eigenvalue weighted by atomic mass is 79.9. The predicted octanol–water partition coefficient (Wildman–Crippen LogP) is 3.74. The molecule has 4 heteroatoms. The van der Waals surface area contributed by atoms with E-state index < -0.39 is 0 Å². The summed E-state index contributed by atoms with van der Waals surface area (Å²) in [6.07, 6.45) is 2.78. The summed E-state index contributed by atoms with van der Waals surface area (Å²) >= 11 is 7.48. The molecule has 0 amide bonds. The van der Waals surface area contributed by atoms with Crippen molar-refractivity contribution in [2.75, 3.05) is 18.1 Å². The van der Waals surface area contributed by atoms with E-state index in [0.29, 0.717) is 0 Å². The monoisotopic (exact) mass is 305 g/mol. The van der Waals surface area contributed by atoms with E-state index in [0.717, 1.165) is 12.5 Å². The third kappa shape index (κ3) is 3.77. The summed E-state index contributed by atoms with van der Waals surface area (Å²) in [5, 5.41) is 5.71. The van der Waals surface area contributed by atoms with Gasteiger partial charge in [0.1, 0.15) is 0 Å². The zero-order valence-corrected chi connectivity index (χ0v) is 11.9. The maximum Gasteiger partial charge on any atom is 0.0327 e. The van der Waals surface area contributed by atoms with Crippen LogP contribution in [0.1, 0.15) is 17.7 Å². The summed E-state index contributed by atoms with van der Waals surface area (Å²) in [5.74, 6) is 3.62. The molecule has 0 atom stereocenters. The third-order valence-electron chi connectivity index (χ3n) is 2.75. The molecule has 0 unspecified atom stereocenters. The van der Waals surface area contributed by atoms with Crippen molar-refractivity contribution in [2.45, 2.75) is 19.4 Å². The standard InChI is InChI=1S/C11H16BrNS2/c12-10-3-6-15-11(10)8-13-7-9-1-4-14-5-2-9/h3,6,9,13H,1-2,4-5,7-8H2. The van der Waals surface area contributed by atoms with Crippen LogP contribution in [0.25, 0.3) is 0 Å². The molecule has 1 aromatic rings. The summed E-state index contributed by atoms with van der Waals surface area (Å²) < 4.78 is 1.25. The predicted molar refractivity (Wildman–Crippen MR) is 73.8 cm³/mol. The number of rotatable bonds is 4. The van der Waals surface area contributed by atoms with Gasteiger partial charge in [-0.3, -0.25) is 0 Å². The van der Waals surface area contributed by atoms with E-state index in [1.165, 1.54) is 40.2 Å². The molecule has 0 bridgehead atoms. The van der Waals surface area contributed by atoms with E-state index >= 15 is 0 Å². The molecule has 0 spiro atoms. The van der Waals surface area contributed by atoms with E-state index in [1.54, 1.807) is 0 Å². The van der Waals surface area contributed by atoms with E-state index in [4.69, 9.17) is 0 Å². The third-order valence-corrected chi connectivity index (χ3v) is 5.73. The van der Waals surface area contributed by atoms with Gasteiger partial charge in [-0.15, -0.1) is 11.3 Å². The molecule has 1 aliphatic rings. The van der Waals surface area contributed by atoms with Gasteiger partial charge in [0, 0.05) is 15.9 Å². The van der Waals surface area contributed by atoms with Gasteiger partial charge in [0.05, 0.1) is 0 Å². The lowest BCUT2D eigenvalue weighted by atomic mass is 10.0. The molecular weight excluding hydrogens is 290 g/mol. The lowest BCUT2D eigenvalue weighted by Gasteiger charge is -2.21. The Kier molecular flexibility index (Phi) is 5.01. The summed E-state index contributed by atoms with van der Waals surface area (Å²) in [4.78, 5) is 1.42. The average molecular weight is 306 g/mol. The van der Waals surface area contributed by atoms with Crippen molar-refractivity contribution < 1.29 is 0 Å². The van der Waals surface area contributed by atoms with Crippen LogP contribution in [0.2, 0.25) is 0 Å². The lowest BCUT2D eigenvalue weighted by Crippen LogP contribution is -2.25. The van der Waals surface area contributed by atoms with E-state index in [-0.39, 0.29) is 0 Å². The molecule has 1 saturated heterocycles. The van der Waals surface area contributed by atoms with Crippen LogP contribution in [0, 0.1) is 5.92 Å². The van der Waals surface area contributed by atoms with Gasteiger partial charge in [-0.25, -0.2) is 0 Å². The first kappa shape index (κ1) is 12.0. The first-order valence-electron chi connectivity index (χ1n) is 5.36. The highest BCUT2D eigenvalue weighted by Gasteiger charge is 2.13. The molecule has 1 N–H and O–H groups in total. The summed E-state index contributed by atoms with van der Waals surface area (Å²) in [5.41, 5.74) is 0. The fourth-order valence-electron chi connectivity index (χ4n) is 1.79. The molecule has 84 valence electrons. The Balaban J connectivity index is 1.68. The first-order chi connectivity index (χ1) is 7.36. The Morgan fingerprint density at radius 2 is 2.20 bits per heavy atom. The minimum Gasteiger partial charge on any atom is -0.312 e. The molecule has 15 heavy (non-hydrogen) atoms. The van der Waals surface area contributed by atoms with Crippen molar-refractivity contribution in [1.29, 1.82) is 0 Å². The average Bonchev–Trinajstić information content (AvgIpc) is 2.66. The van der Waals surface area contributed by atoms with Gasteiger partial charge in [0.15, 0.2) is 0 Å². The fraction of sp³-hybridized carbons (Fsp3) is 0.636. The molecular formula is C11H16BrNS2. The Morgan fingerprint density at radius 1 is 1.40 bits per heavy atom. The first-order valence-corrected chi connectivity index (χ1v) is 8.19. The smallest absolute Gasteiger partial charge is 0.0327 e. The van der Waals surface area contributed by atoms with E-state index in [1.807, 2.05) is 11.3 Å². The second-order valence-corrected chi connectivity index (χ2v) is 6.96. The minimum absolute atomic E-state index is 0.907. The topological polar surface area (TPSA) is 12.0 Å². The van der Waals surface area contributed by atoms with Crippen molar-refractivity contribution in [3.05, 3.63) is 20.8 Å². The molecule has 0 radical (unpaired) electrons. The SMILES string of the molecule is Brc1ccsc1CNCC1CCSCC1. The number of halogens is 1. The van der Waals surface area contributed by atoms with Gasteiger partial charge in [-0.2, -0.15) is 11.8 Å².